The molecule has 1 rings (SSSR count). The first-order valence-electron chi connectivity index (χ1n) is 5.71. The monoisotopic (exact) mass is 255 g/mol. The number of amides is 1. The van der Waals surface area contributed by atoms with Crippen molar-refractivity contribution >= 4 is 23.2 Å². The predicted molar refractivity (Wildman–Crippen MR) is 67.7 cm³/mol. The van der Waals surface area contributed by atoms with Gasteiger partial charge < -0.3 is 10.4 Å². The second-order valence-electron chi connectivity index (χ2n) is 3.87. The summed E-state index contributed by atoms with van der Waals surface area (Å²) in [6, 6.07) is 1.59. The molecule has 4 nitrogen and oxygen atoms in total. The van der Waals surface area contributed by atoms with E-state index in [4.69, 9.17) is 5.11 Å². The highest BCUT2D eigenvalue weighted by Crippen LogP contribution is 2.15. The van der Waals surface area contributed by atoms with Crippen LogP contribution in [0.25, 0.3) is 0 Å². The Morgan fingerprint density at radius 1 is 1.47 bits per heavy atom. The highest BCUT2D eigenvalue weighted by Gasteiger charge is 2.15. The third kappa shape index (κ3) is 3.85. The van der Waals surface area contributed by atoms with Gasteiger partial charge in [-0.25, -0.2) is 4.79 Å². The molecule has 0 bridgehead atoms. The lowest BCUT2D eigenvalue weighted by atomic mass is 10.1. The van der Waals surface area contributed by atoms with Gasteiger partial charge in [0, 0.05) is 11.4 Å². The Labute approximate surface area is 105 Å². The summed E-state index contributed by atoms with van der Waals surface area (Å²) >= 11 is 1.16. The van der Waals surface area contributed by atoms with E-state index >= 15 is 0 Å². The quantitative estimate of drug-likeness (QED) is 0.821. The third-order valence-electron chi connectivity index (χ3n) is 2.54. The van der Waals surface area contributed by atoms with E-state index in [9.17, 15) is 9.59 Å². The zero-order valence-corrected chi connectivity index (χ0v) is 10.8. The zero-order chi connectivity index (χ0) is 12.8. The molecule has 1 aromatic rings. The largest absolute Gasteiger partial charge is 0.478 e. The molecule has 1 unspecified atom stereocenters. The van der Waals surface area contributed by atoms with Crippen LogP contribution in [0, 0.1) is 0 Å². The maximum Gasteiger partial charge on any atom is 0.336 e. The molecule has 0 aliphatic rings. The van der Waals surface area contributed by atoms with Crippen LogP contribution in [0.3, 0.4) is 0 Å². The first-order chi connectivity index (χ1) is 8.08. The van der Waals surface area contributed by atoms with E-state index in [1.165, 1.54) is 11.4 Å². The molecule has 0 saturated heterocycles. The van der Waals surface area contributed by atoms with Gasteiger partial charge in [-0.2, -0.15) is 0 Å². The van der Waals surface area contributed by atoms with Crippen LogP contribution in [0.4, 0.5) is 0 Å². The standard InChI is InChI=1S/C12H17NO3S/c1-3-5-9(4-2)13-11(14)10-6-8(7-17-10)12(15)16/h6-7,9H,3-5H2,1-2H3,(H,13,14)(H,15,16). The average molecular weight is 255 g/mol. The van der Waals surface area contributed by atoms with Gasteiger partial charge in [-0.05, 0) is 18.9 Å². The molecule has 1 amide bonds. The number of thiophene rings is 1. The first kappa shape index (κ1) is 13.7. The van der Waals surface area contributed by atoms with E-state index in [0.29, 0.717) is 4.88 Å². The van der Waals surface area contributed by atoms with Crippen molar-refractivity contribution in [1.82, 2.24) is 5.32 Å². The fourth-order valence-corrected chi connectivity index (χ4v) is 2.33. The molecule has 0 aliphatic heterocycles. The molecule has 2 N–H and O–H groups in total. The van der Waals surface area contributed by atoms with Gasteiger partial charge in [0.15, 0.2) is 0 Å². The molecule has 1 atom stereocenters. The molecule has 0 fully saturated rings. The fraction of sp³-hybridized carbons (Fsp3) is 0.500. The van der Waals surface area contributed by atoms with Gasteiger partial charge in [0.1, 0.15) is 0 Å². The molecule has 94 valence electrons. The Morgan fingerprint density at radius 2 is 2.18 bits per heavy atom. The molecular weight excluding hydrogens is 238 g/mol. The summed E-state index contributed by atoms with van der Waals surface area (Å²) in [6.45, 7) is 4.10. The van der Waals surface area contributed by atoms with Gasteiger partial charge in [0.2, 0.25) is 0 Å². The Hall–Kier alpha value is -1.36. The molecule has 0 spiro atoms. The van der Waals surface area contributed by atoms with Gasteiger partial charge in [-0.1, -0.05) is 20.3 Å². The fourth-order valence-electron chi connectivity index (χ4n) is 1.55. The Morgan fingerprint density at radius 3 is 2.65 bits per heavy atom. The Bertz CT molecular complexity index is 400. The van der Waals surface area contributed by atoms with E-state index in [2.05, 4.69) is 12.2 Å². The Kier molecular flexibility index (Phi) is 5.15. The van der Waals surface area contributed by atoms with Crippen LogP contribution < -0.4 is 5.32 Å². The molecular formula is C12H17NO3S. The molecule has 0 aliphatic carbocycles. The lowest BCUT2D eigenvalue weighted by Gasteiger charge is -2.15. The minimum atomic E-state index is -0.999. The molecule has 0 radical (unpaired) electrons. The third-order valence-corrected chi connectivity index (χ3v) is 3.46. The summed E-state index contributed by atoms with van der Waals surface area (Å²) in [7, 11) is 0. The number of hydrogen-bond acceptors (Lipinski definition) is 3. The number of rotatable bonds is 6. The summed E-state index contributed by atoms with van der Waals surface area (Å²) in [5.74, 6) is -1.18. The normalized spacial score (nSPS) is 12.1. The number of hydrogen-bond donors (Lipinski definition) is 2. The van der Waals surface area contributed by atoms with Gasteiger partial charge in [-0.15, -0.1) is 11.3 Å². The van der Waals surface area contributed by atoms with Crippen LogP contribution in [-0.4, -0.2) is 23.0 Å². The number of aromatic carboxylic acids is 1. The minimum Gasteiger partial charge on any atom is -0.478 e. The van der Waals surface area contributed by atoms with E-state index < -0.39 is 5.97 Å². The molecule has 1 aromatic heterocycles. The lowest BCUT2D eigenvalue weighted by molar-refractivity contribution is 0.0697. The van der Waals surface area contributed by atoms with E-state index in [1.54, 1.807) is 0 Å². The SMILES string of the molecule is CCCC(CC)NC(=O)c1cc(C(=O)O)cs1. The number of carboxylic acid groups (broad SMARTS) is 1. The van der Waals surface area contributed by atoms with Crippen molar-refractivity contribution in [2.75, 3.05) is 0 Å². The van der Waals surface area contributed by atoms with Crippen molar-refractivity contribution in [3.05, 3.63) is 21.9 Å². The van der Waals surface area contributed by atoms with Crippen LogP contribution in [-0.2, 0) is 0 Å². The van der Waals surface area contributed by atoms with Crippen LogP contribution in [0.1, 0.15) is 53.1 Å². The van der Waals surface area contributed by atoms with Crippen molar-refractivity contribution in [2.45, 2.75) is 39.2 Å². The highest BCUT2D eigenvalue weighted by atomic mass is 32.1. The molecule has 0 aromatic carbocycles. The van der Waals surface area contributed by atoms with Crippen LogP contribution >= 0.6 is 11.3 Å². The van der Waals surface area contributed by atoms with Gasteiger partial charge in [-0.3, -0.25) is 4.79 Å². The predicted octanol–water partition coefficient (Wildman–Crippen LogP) is 2.75. The van der Waals surface area contributed by atoms with Crippen molar-refractivity contribution in [3.8, 4) is 0 Å². The van der Waals surface area contributed by atoms with Crippen molar-refractivity contribution in [2.24, 2.45) is 0 Å². The molecule has 17 heavy (non-hydrogen) atoms. The first-order valence-corrected chi connectivity index (χ1v) is 6.59. The van der Waals surface area contributed by atoms with E-state index in [-0.39, 0.29) is 17.5 Å². The molecule has 5 heteroatoms. The maximum absolute atomic E-state index is 11.8. The van der Waals surface area contributed by atoms with Crippen LogP contribution in [0.15, 0.2) is 11.4 Å². The summed E-state index contributed by atoms with van der Waals surface area (Å²) in [4.78, 5) is 23.0. The number of carboxylic acids is 1. The average Bonchev–Trinajstić information content (AvgIpc) is 2.77. The second kappa shape index (κ2) is 6.39. The lowest BCUT2D eigenvalue weighted by Crippen LogP contribution is -2.33. The van der Waals surface area contributed by atoms with E-state index in [0.717, 1.165) is 30.6 Å². The van der Waals surface area contributed by atoms with Crippen molar-refractivity contribution < 1.29 is 14.7 Å². The summed E-state index contributed by atoms with van der Waals surface area (Å²) < 4.78 is 0. The van der Waals surface area contributed by atoms with Crippen molar-refractivity contribution in [3.63, 3.8) is 0 Å². The van der Waals surface area contributed by atoms with Gasteiger partial charge in [0.05, 0.1) is 10.4 Å². The summed E-state index contributed by atoms with van der Waals surface area (Å²) in [5, 5.41) is 13.2. The van der Waals surface area contributed by atoms with Crippen molar-refractivity contribution in [1.29, 1.82) is 0 Å². The minimum absolute atomic E-state index is 0.169. The molecule has 0 saturated carbocycles. The van der Waals surface area contributed by atoms with E-state index in [1.807, 2.05) is 6.92 Å². The topological polar surface area (TPSA) is 66.4 Å². The van der Waals surface area contributed by atoms with Gasteiger partial charge >= 0.3 is 5.97 Å². The smallest absolute Gasteiger partial charge is 0.336 e. The summed E-state index contributed by atoms with van der Waals surface area (Å²) in [6.07, 6.45) is 2.85. The number of carbonyl (C=O) groups is 2. The summed E-state index contributed by atoms with van der Waals surface area (Å²) in [5.41, 5.74) is 0.170. The van der Waals surface area contributed by atoms with Crippen LogP contribution in [0.5, 0.6) is 0 Å². The van der Waals surface area contributed by atoms with Gasteiger partial charge in [0.25, 0.3) is 5.91 Å². The van der Waals surface area contributed by atoms with Crippen LogP contribution in [0.2, 0.25) is 0 Å². The number of nitrogens with one attached hydrogen (secondary N) is 1. The second-order valence-corrected chi connectivity index (χ2v) is 4.78. The zero-order valence-electron chi connectivity index (χ0n) is 10.0. The highest BCUT2D eigenvalue weighted by molar-refractivity contribution is 7.12. The maximum atomic E-state index is 11.8. The molecule has 1 heterocycles. The Balaban J connectivity index is 2.65. The number of carbonyl (C=O) groups excluding carboxylic acids is 1.